The van der Waals surface area contributed by atoms with Gasteiger partial charge in [-0.05, 0) is 62.8 Å². The molecule has 0 bridgehead atoms. The van der Waals surface area contributed by atoms with Crippen molar-refractivity contribution >= 4 is 5.91 Å². The predicted octanol–water partition coefficient (Wildman–Crippen LogP) is 5.26. The second kappa shape index (κ2) is 9.67. The van der Waals surface area contributed by atoms with Crippen LogP contribution < -0.4 is 10.1 Å². The van der Waals surface area contributed by atoms with E-state index < -0.39 is 35.6 Å². The van der Waals surface area contributed by atoms with Crippen molar-refractivity contribution in [1.82, 2.24) is 10.3 Å². The van der Waals surface area contributed by atoms with Gasteiger partial charge in [0.25, 0.3) is 5.91 Å². The first-order chi connectivity index (χ1) is 15.7. The van der Waals surface area contributed by atoms with Crippen LogP contribution in [0, 0.1) is 5.82 Å². The van der Waals surface area contributed by atoms with Gasteiger partial charge in [0, 0.05) is 17.3 Å². The Labute approximate surface area is 189 Å². The van der Waals surface area contributed by atoms with E-state index in [1.807, 2.05) is 0 Å². The monoisotopic (exact) mass is 466 g/mol. The van der Waals surface area contributed by atoms with Gasteiger partial charge in [0.15, 0.2) is 0 Å². The molecule has 2 saturated carbocycles. The number of carbonyl (C=O) groups excluding carboxylic acids is 1. The zero-order valence-electron chi connectivity index (χ0n) is 18.0. The molecule has 1 aromatic carbocycles. The number of benzene rings is 1. The Bertz CT molecular complexity index is 1010. The lowest BCUT2D eigenvalue weighted by atomic mass is 9.92. The summed E-state index contributed by atoms with van der Waals surface area (Å²) in [6.07, 6.45) is 2.19. The number of rotatable bonds is 5. The summed E-state index contributed by atoms with van der Waals surface area (Å²) in [6, 6.07) is 3.02. The number of nitrogens with zero attached hydrogens (tertiary/aromatic N) is 1. The Balaban J connectivity index is 1.70. The molecule has 9 heteroatoms. The minimum absolute atomic E-state index is 0.00521. The van der Waals surface area contributed by atoms with E-state index in [0.717, 1.165) is 44.6 Å². The van der Waals surface area contributed by atoms with Gasteiger partial charge in [-0.3, -0.25) is 4.79 Å². The SMILES string of the molecule is O=C(NC1CCCCC1O)c1cnc(OC2CCCC2)c(-c2cc(C(F)(F)F)ccc2F)c1. The Hall–Kier alpha value is -2.68. The lowest BCUT2D eigenvalue weighted by Gasteiger charge is -2.28. The van der Waals surface area contributed by atoms with Gasteiger partial charge in [-0.2, -0.15) is 13.2 Å². The fourth-order valence-electron chi connectivity index (χ4n) is 4.47. The number of ether oxygens (including phenoxy) is 1. The Morgan fingerprint density at radius 2 is 1.73 bits per heavy atom. The summed E-state index contributed by atoms with van der Waals surface area (Å²) in [6.45, 7) is 0. The molecule has 4 rings (SSSR count). The number of pyridine rings is 1. The molecule has 2 aliphatic carbocycles. The second-order valence-corrected chi connectivity index (χ2v) is 8.73. The second-order valence-electron chi connectivity index (χ2n) is 8.73. The maximum atomic E-state index is 14.7. The van der Waals surface area contributed by atoms with Crippen LogP contribution in [-0.4, -0.2) is 34.2 Å². The molecule has 2 aromatic rings. The molecule has 0 radical (unpaired) electrons. The highest BCUT2D eigenvalue weighted by Gasteiger charge is 2.32. The molecular weight excluding hydrogens is 440 g/mol. The maximum absolute atomic E-state index is 14.7. The van der Waals surface area contributed by atoms with E-state index in [1.165, 1.54) is 12.3 Å². The van der Waals surface area contributed by atoms with Crippen molar-refractivity contribution in [1.29, 1.82) is 0 Å². The highest BCUT2D eigenvalue weighted by atomic mass is 19.4. The number of hydrogen-bond donors (Lipinski definition) is 2. The molecule has 0 aliphatic heterocycles. The Morgan fingerprint density at radius 3 is 2.42 bits per heavy atom. The fourth-order valence-corrected chi connectivity index (χ4v) is 4.47. The van der Waals surface area contributed by atoms with E-state index in [2.05, 4.69) is 10.3 Å². The fraction of sp³-hybridized carbons (Fsp3) is 0.500. The summed E-state index contributed by atoms with van der Waals surface area (Å²) in [4.78, 5) is 17.0. The number of amides is 1. The smallest absolute Gasteiger partial charge is 0.416 e. The van der Waals surface area contributed by atoms with Gasteiger partial charge in [-0.15, -0.1) is 0 Å². The van der Waals surface area contributed by atoms with Crippen molar-refractivity contribution in [2.24, 2.45) is 0 Å². The van der Waals surface area contributed by atoms with Crippen LogP contribution in [0.25, 0.3) is 11.1 Å². The van der Waals surface area contributed by atoms with Gasteiger partial charge in [0.05, 0.1) is 23.3 Å². The third-order valence-electron chi connectivity index (χ3n) is 6.32. The van der Waals surface area contributed by atoms with E-state index in [1.54, 1.807) is 0 Å². The van der Waals surface area contributed by atoms with Crippen LogP contribution in [0.4, 0.5) is 17.6 Å². The third kappa shape index (κ3) is 5.46. The molecule has 0 spiro atoms. The predicted molar refractivity (Wildman–Crippen MR) is 113 cm³/mol. The standard InChI is InChI=1S/C24H26F4N2O3/c25-19-10-9-15(24(26,27)28)12-17(19)18-11-14(13-29-23(18)33-16-5-1-2-6-16)22(32)30-20-7-3-4-8-21(20)31/h9-13,16,20-21,31H,1-8H2,(H,30,32). The van der Waals surface area contributed by atoms with Crippen molar-refractivity contribution in [2.75, 3.05) is 0 Å². The molecule has 2 unspecified atom stereocenters. The van der Waals surface area contributed by atoms with Crippen molar-refractivity contribution in [3.63, 3.8) is 0 Å². The summed E-state index contributed by atoms with van der Waals surface area (Å²) in [5.74, 6) is -1.41. The van der Waals surface area contributed by atoms with Gasteiger partial charge in [0.2, 0.25) is 5.88 Å². The summed E-state index contributed by atoms with van der Waals surface area (Å²) in [5.41, 5.74) is -1.30. The highest BCUT2D eigenvalue weighted by molar-refractivity contribution is 5.95. The minimum atomic E-state index is -4.66. The minimum Gasteiger partial charge on any atom is -0.474 e. The number of hydrogen-bond acceptors (Lipinski definition) is 4. The molecule has 1 heterocycles. The zero-order valence-corrected chi connectivity index (χ0v) is 18.0. The van der Waals surface area contributed by atoms with Crippen LogP contribution >= 0.6 is 0 Å². The molecular formula is C24H26F4N2O3. The largest absolute Gasteiger partial charge is 0.474 e. The Morgan fingerprint density at radius 1 is 1.03 bits per heavy atom. The zero-order chi connectivity index (χ0) is 23.6. The van der Waals surface area contributed by atoms with Gasteiger partial charge in [-0.25, -0.2) is 9.37 Å². The molecule has 5 nitrogen and oxygen atoms in total. The molecule has 2 N–H and O–H groups in total. The molecule has 1 aromatic heterocycles. The number of carbonyl (C=O) groups is 1. The van der Waals surface area contributed by atoms with E-state index in [-0.39, 0.29) is 28.7 Å². The normalized spacial score (nSPS) is 21.7. The van der Waals surface area contributed by atoms with Gasteiger partial charge < -0.3 is 15.2 Å². The highest BCUT2D eigenvalue weighted by Crippen LogP contribution is 2.38. The van der Waals surface area contributed by atoms with Gasteiger partial charge in [-0.1, -0.05) is 12.8 Å². The van der Waals surface area contributed by atoms with Crippen LogP contribution in [0.3, 0.4) is 0 Å². The average Bonchev–Trinajstić information content (AvgIpc) is 3.28. The first-order valence-corrected chi connectivity index (χ1v) is 11.2. The summed E-state index contributed by atoms with van der Waals surface area (Å²) in [7, 11) is 0. The molecule has 178 valence electrons. The lowest BCUT2D eigenvalue weighted by Crippen LogP contribution is -2.45. The number of alkyl halides is 3. The molecule has 0 saturated heterocycles. The van der Waals surface area contributed by atoms with Crippen LogP contribution in [-0.2, 0) is 6.18 Å². The number of aliphatic hydroxyl groups is 1. The molecule has 2 fully saturated rings. The van der Waals surface area contributed by atoms with Crippen molar-refractivity contribution < 1.29 is 32.2 Å². The molecule has 1 amide bonds. The lowest BCUT2D eigenvalue weighted by molar-refractivity contribution is -0.137. The molecule has 33 heavy (non-hydrogen) atoms. The van der Waals surface area contributed by atoms with Crippen LogP contribution in [0.1, 0.15) is 67.3 Å². The van der Waals surface area contributed by atoms with E-state index in [4.69, 9.17) is 4.74 Å². The summed E-state index contributed by atoms with van der Waals surface area (Å²) < 4.78 is 60.5. The van der Waals surface area contributed by atoms with Crippen LogP contribution in [0.15, 0.2) is 30.5 Å². The number of aliphatic hydroxyl groups excluding tert-OH is 1. The molecule has 2 atom stereocenters. The molecule has 2 aliphatic rings. The summed E-state index contributed by atoms with van der Waals surface area (Å²) >= 11 is 0. The van der Waals surface area contributed by atoms with Crippen molar-refractivity contribution in [3.8, 4) is 17.0 Å². The first-order valence-electron chi connectivity index (χ1n) is 11.2. The van der Waals surface area contributed by atoms with Crippen LogP contribution in [0.5, 0.6) is 5.88 Å². The van der Waals surface area contributed by atoms with Gasteiger partial charge in [0.1, 0.15) is 11.9 Å². The third-order valence-corrected chi connectivity index (χ3v) is 6.32. The van der Waals surface area contributed by atoms with E-state index >= 15 is 0 Å². The quantitative estimate of drug-likeness (QED) is 0.590. The van der Waals surface area contributed by atoms with Crippen molar-refractivity contribution in [3.05, 3.63) is 47.4 Å². The van der Waals surface area contributed by atoms with Crippen molar-refractivity contribution in [2.45, 2.75) is 75.8 Å². The maximum Gasteiger partial charge on any atom is 0.416 e. The average molecular weight is 466 g/mol. The number of aromatic nitrogens is 1. The van der Waals surface area contributed by atoms with Crippen LogP contribution in [0.2, 0.25) is 0 Å². The first kappa shape index (κ1) is 23.5. The Kier molecular flexibility index (Phi) is 6.88. The van der Waals surface area contributed by atoms with Gasteiger partial charge >= 0.3 is 6.18 Å². The number of nitrogens with one attached hydrogen (secondary N) is 1. The summed E-state index contributed by atoms with van der Waals surface area (Å²) in [5, 5.41) is 12.9. The van der Waals surface area contributed by atoms with E-state index in [9.17, 15) is 27.5 Å². The van der Waals surface area contributed by atoms with E-state index in [0.29, 0.717) is 25.0 Å². The number of halogens is 4. The topological polar surface area (TPSA) is 71.5 Å².